The Morgan fingerprint density at radius 1 is 1.04 bits per heavy atom. The summed E-state index contributed by atoms with van der Waals surface area (Å²) in [4.78, 5) is 23.7. The van der Waals surface area contributed by atoms with Crippen LogP contribution in [0.5, 0.6) is 0 Å². The van der Waals surface area contributed by atoms with Gasteiger partial charge in [0.2, 0.25) is 5.91 Å². The summed E-state index contributed by atoms with van der Waals surface area (Å²) in [7, 11) is 0. The lowest BCUT2D eigenvalue weighted by Crippen LogP contribution is -2.22. The van der Waals surface area contributed by atoms with Gasteiger partial charge in [-0.2, -0.15) is 13.2 Å². The van der Waals surface area contributed by atoms with E-state index in [9.17, 15) is 22.8 Å². The number of rotatable bonds is 4. The molecule has 8 heteroatoms. The van der Waals surface area contributed by atoms with Crippen molar-refractivity contribution in [2.75, 3.05) is 17.2 Å². The van der Waals surface area contributed by atoms with Gasteiger partial charge in [-0.25, -0.2) is 4.79 Å². The van der Waals surface area contributed by atoms with Crippen LogP contribution in [0.15, 0.2) is 63.8 Å². The Kier molecular flexibility index (Phi) is 4.66. The normalized spacial score (nSPS) is 11.3. The highest BCUT2D eigenvalue weighted by Gasteiger charge is 2.30. The van der Waals surface area contributed by atoms with Gasteiger partial charge in [-0.15, -0.1) is 0 Å². The van der Waals surface area contributed by atoms with E-state index in [4.69, 9.17) is 4.42 Å². The Labute approximate surface area is 145 Å². The second-order valence-electron chi connectivity index (χ2n) is 5.46. The zero-order valence-electron chi connectivity index (χ0n) is 13.3. The van der Waals surface area contributed by atoms with Gasteiger partial charge in [-0.1, -0.05) is 18.2 Å². The van der Waals surface area contributed by atoms with E-state index in [1.165, 1.54) is 12.1 Å². The van der Waals surface area contributed by atoms with Crippen molar-refractivity contribution in [3.05, 3.63) is 70.6 Å². The van der Waals surface area contributed by atoms with Crippen molar-refractivity contribution in [3.63, 3.8) is 0 Å². The maximum absolute atomic E-state index is 12.7. The van der Waals surface area contributed by atoms with Crippen LogP contribution in [0.25, 0.3) is 11.0 Å². The smallest absolute Gasteiger partial charge is 0.416 e. The van der Waals surface area contributed by atoms with E-state index in [0.717, 1.165) is 18.2 Å². The fourth-order valence-electron chi connectivity index (χ4n) is 2.40. The molecule has 134 valence electrons. The lowest BCUT2D eigenvalue weighted by molar-refractivity contribution is -0.137. The number of benzene rings is 2. The molecule has 1 heterocycles. The van der Waals surface area contributed by atoms with Crippen molar-refractivity contribution in [2.24, 2.45) is 0 Å². The van der Waals surface area contributed by atoms with Gasteiger partial charge in [0, 0.05) is 17.1 Å². The lowest BCUT2D eigenvalue weighted by atomic mass is 10.2. The third kappa shape index (κ3) is 4.02. The van der Waals surface area contributed by atoms with E-state index in [-0.39, 0.29) is 17.9 Å². The summed E-state index contributed by atoms with van der Waals surface area (Å²) in [6, 6.07) is 12.4. The summed E-state index contributed by atoms with van der Waals surface area (Å²) in [5.41, 5.74) is -0.680. The van der Waals surface area contributed by atoms with Crippen LogP contribution in [0.1, 0.15) is 5.56 Å². The monoisotopic (exact) mass is 362 g/mol. The molecular weight excluding hydrogens is 349 g/mol. The van der Waals surface area contributed by atoms with Crippen LogP contribution in [0.3, 0.4) is 0 Å². The SMILES string of the molecule is O=C(CNc1cccc(C(F)(F)F)c1)Nc1cc(=O)oc2ccccc12. The molecule has 2 aromatic carbocycles. The Morgan fingerprint density at radius 3 is 2.58 bits per heavy atom. The van der Waals surface area contributed by atoms with E-state index in [2.05, 4.69) is 10.6 Å². The molecule has 1 amide bonds. The molecule has 2 N–H and O–H groups in total. The molecular formula is C18H13F3N2O3. The first-order chi connectivity index (χ1) is 12.3. The molecule has 3 aromatic rings. The zero-order chi connectivity index (χ0) is 18.7. The molecule has 5 nitrogen and oxygen atoms in total. The van der Waals surface area contributed by atoms with Crippen LogP contribution in [-0.4, -0.2) is 12.5 Å². The highest BCUT2D eigenvalue weighted by Crippen LogP contribution is 2.30. The average molecular weight is 362 g/mol. The maximum Gasteiger partial charge on any atom is 0.416 e. The maximum atomic E-state index is 12.7. The molecule has 0 spiro atoms. The lowest BCUT2D eigenvalue weighted by Gasteiger charge is -2.11. The highest BCUT2D eigenvalue weighted by atomic mass is 19.4. The molecule has 0 aliphatic heterocycles. The summed E-state index contributed by atoms with van der Waals surface area (Å²) in [6.45, 7) is -0.268. The highest BCUT2D eigenvalue weighted by molar-refractivity contribution is 6.01. The van der Waals surface area contributed by atoms with Crippen molar-refractivity contribution in [1.82, 2.24) is 0 Å². The van der Waals surface area contributed by atoms with Crippen LogP contribution in [-0.2, 0) is 11.0 Å². The minimum absolute atomic E-state index is 0.160. The van der Waals surface area contributed by atoms with Crippen molar-refractivity contribution < 1.29 is 22.4 Å². The van der Waals surface area contributed by atoms with Gasteiger partial charge in [0.15, 0.2) is 0 Å². The predicted molar refractivity (Wildman–Crippen MR) is 91.0 cm³/mol. The van der Waals surface area contributed by atoms with E-state index in [1.54, 1.807) is 24.3 Å². The van der Waals surface area contributed by atoms with Crippen molar-refractivity contribution in [2.45, 2.75) is 6.18 Å². The number of fused-ring (bicyclic) bond motifs is 1. The molecule has 0 radical (unpaired) electrons. The number of halogens is 3. The molecule has 26 heavy (non-hydrogen) atoms. The van der Waals surface area contributed by atoms with E-state index >= 15 is 0 Å². The Morgan fingerprint density at radius 2 is 1.81 bits per heavy atom. The summed E-state index contributed by atoms with van der Waals surface area (Å²) in [6.07, 6.45) is -4.46. The number of amides is 1. The number of carbonyl (C=O) groups excluding carboxylic acids is 1. The van der Waals surface area contributed by atoms with E-state index < -0.39 is 23.3 Å². The van der Waals surface area contributed by atoms with Crippen LogP contribution in [0, 0.1) is 0 Å². The van der Waals surface area contributed by atoms with Gasteiger partial charge in [0.1, 0.15) is 5.58 Å². The number of anilines is 2. The number of para-hydroxylation sites is 1. The van der Waals surface area contributed by atoms with Gasteiger partial charge in [0.25, 0.3) is 0 Å². The van der Waals surface area contributed by atoms with E-state index in [1.807, 2.05) is 0 Å². The fourth-order valence-corrected chi connectivity index (χ4v) is 2.40. The summed E-state index contributed by atoms with van der Waals surface area (Å²) < 4.78 is 43.1. The molecule has 0 aliphatic carbocycles. The van der Waals surface area contributed by atoms with Crippen LogP contribution in [0.2, 0.25) is 0 Å². The molecule has 1 aromatic heterocycles. The molecule has 0 aliphatic rings. The third-order valence-electron chi connectivity index (χ3n) is 3.57. The summed E-state index contributed by atoms with van der Waals surface area (Å²) in [5, 5.41) is 5.72. The molecule has 0 fully saturated rings. The predicted octanol–water partition coefficient (Wildman–Crippen LogP) is 3.86. The first kappa shape index (κ1) is 17.5. The molecule has 0 saturated carbocycles. The first-order valence-electron chi connectivity index (χ1n) is 7.57. The van der Waals surface area contributed by atoms with Crippen LogP contribution < -0.4 is 16.3 Å². The summed E-state index contributed by atoms with van der Waals surface area (Å²) in [5.74, 6) is -0.516. The minimum Gasteiger partial charge on any atom is -0.423 e. The topological polar surface area (TPSA) is 71.3 Å². The second-order valence-corrected chi connectivity index (χ2v) is 5.46. The minimum atomic E-state index is -4.46. The Bertz CT molecular complexity index is 1010. The Hall–Kier alpha value is -3.29. The molecule has 0 unspecified atom stereocenters. The van der Waals surface area contributed by atoms with Gasteiger partial charge in [-0.3, -0.25) is 4.79 Å². The number of nitrogens with one attached hydrogen (secondary N) is 2. The Balaban J connectivity index is 1.72. The fraction of sp³-hybridized carbons (Fsp3) is 0.111. The van der Waals surface area contributed by atoms with Gasteiger partial charge in [-0.05, 0) is 30.3 Å². The zero-order valence-corrected chi connectivity index (χ0v) is 13.3. The first-order valence-corrected chi connectivity index (χ1v) is 7.57. The molecule has 0 saturated heterocycles. The number of alkyl halides is 3. The number of hydrogen-bond donors (Lipinski definition) is 2. The largest absolute Gasteiger partial charge is 0.423 e. The van der Waals surface area contributed by atoms with E-state index in [0.29, 0.717) is 11.0 Å². The van der Waals surface area contributed by atoms with Crippen molar-refractivity contribution in [3.8, 4) is 0 Å². The summed E-state index contributed by atoms with van der Waals surface area (Å²) >= 11 is 0. The number of carbonyl (C=O) groups is 1. The van der Waals surface area contributed by atoms with Gasteiger partial charge < -0.3 is 15.1 Å². The standard InChI is InChI=1S/C18H13F3N2O3/c19-18(20,21)11-4-3-5-12(8-11)22-10-16(24)23-14-9-17(25)26-15-7-2-1-6-13(14)15/h1-9,22H,10H2,(H,23,24). The van der Waals surface area contributed by atoms with Crippen LogP contribution in [0.4, 0.5) is 24.5 Å². The van der Waals surface area contributed by atoms with Crippen LogP contribution >= 0.6 is 0 Å². The van der Waals surface area contributed by atoms with Gasteiger partial charge >= 0.3 is 11.8 Å². The molecule has 0 bridgehead atoms. The molecule has 3 rings (SSSR count). The molecule has 0 atom stereocenters. The second kappa shape index (κ2) is 6.91. The quantitative estimate of drug-likeness (QED) is 0.692. The third-order valence-corrected chi connectivity index (χ3v) is 3.57. The van der Waals surface area contributed by atoms with Crippen molar-refractivity contribution in [1.29, 1.82) is 0 Å². The number of hydrogen-bond acceptors (Lipinski definition) is 4. The average Bonchev–Trinajstić information content (AvgIpc) is 2.59. The van der Waals surface area contributed by atoms with Gasteiger partial charge in [0.05, 0.1) is 17.8 Å². The van der Waals surface area contributed by atoms with Crippen molar-refractivity contribution >= 4 is 28.3 Å².